The number of hydrogen-bond acceptors (Lipinski definition) is 1. The summed E-state index contributed by atoms with van der Waals surface area (Å²) >= 11 is -0.486. The van der Waals surface area contributed by atoms with E-state index < -0.39 is 11.2 Å². The van der Waals surface area contributed by atoms with Crippen molar-refractivity contribution in [1.29, 1.82) is 0 Å². The molecule has 0 aliphatic carbocycles. The van der Waals surface area contributed by atoms with Gasteiger partial charge in [-0.15, -0.1) is 0 Å². The Balaban J connectivity index is 2.16. The van der Waals surface area contributed by atoms with Gasteiger partial charge in [0.25, 0.3) is 0 Å². The van der Waals surface area contributed by atoms with Gasteiger partial charge in [-0.1, -0.05) is 31.9 Å². The summed E-state index contributed by atoms with van der Waals surface area (Å²) < 4.78 is 11.1. The van der Waals surface area contributed by atoms with Gasteiger partial charge in [0.1, 0.15) is 11.5 Å². The van der Waals surface area contributed by atoms with Gasteiger partial charge in [-0.3, -0.25) is 0 Å². The normalized spacial score (nSPS) is 30.5. The van der Waals surface area contributed by atoms with E-state index in [4.69, 9.17) is 0 Å². The van der Waals surface area contributed by atoms with Crippen molar-refractivity contribution in [3.05, 3.63) is 0 Å². The molecule has 1 rings (SSSR count). The van der Waals surface area contributed by atoms with Crippen LogP contribution in [0.5, 0.6) is 0 Å². The van der Waals surface area contributed by atoms with E-state index in [0.717, 1.165) is 17.4 Å². The first-order valence-electron chi connectivity index (χ1n) is 5.32. The highest BCUT2D eigenvalue weighted by molar-refractivity contribution is 7.91. The van der Waals surface area contributed by atoms with Crippen molar-refractivity contribution >= 4 is 11.2 Å². The lowest BCUT2D eigenvalue weighted by Gasteiger charge is -2.27. The van der Waals surface area contributed by atoms with Crippen molar-refractivity contribution in [1.82, 2.24) is 0 Å². The molecule has 0 saturated carbocycles. The quantitative estimate of drug-likeness (QED) is 0.631. The van der Waals surface area contributed by atoms with Crippen molar-refractivity contribution in [2.24, 2.45) is 11.3 Å². The Hall–Kier alpha value is 0.310. The number of rotatable bonds is 2. The molecule has 0 spiro atoms. The maximum absolute atomic E-state index is 11.1. The Morgan fingerprint density at radius 3 is 2.23 bits per heavy atom. The first-order chi connectivity index (χ1) is 5.97. The molecule has 0 unspecified atom stereocenters. The van der Waals surface area contributed by atoms with E-state index >= 15 is 0 Å². The summed E-state index contributed by atoms with van der Waals surface area (Å²) in [5, 5.41) is 0. The maximum Gasteiger partial charge on any atom is 0.105 e. The van der Waals surface area contributed by atoms with Gasteiger partial charge in [0.2, 0.25) is 0 Å². The van der Waals surface area contributed by atoms with Gasteiger partial charge in [0.15, 0.2) is 0 Å². The second-order valence-electron chi connectivity index (χ2n) is 5.39. The van der Waals surface area contributed by atoms with E-state index in [1.807, 2.05) is 0 Å². The lowest BCUT2D eigenvalue weighted by Crippen LogP contribution is -2.24. The predicted octanol–water partition coefficient (Wildman–Crippen LogP) is 2.97. The van der Waals surface area contributed by atoms with Gasteiger partial charge in [-0.05, 0) is 37.0 Å². The fourth-order valence-electron chi connectivity index (χ4n) is 1.77. The van der Waals surface area contributed by atoms with E-state index in [1.54, 1.807) is 0 Å². The van der Waals surface area contributed by atoms with E-state index in [2.05, 4.69) is 20.8 Å². The zero-order valence-corrected chi connectivity index (χ0v) is 9.95. The van der Waals surface area contributed by atoms with Crippen LogP contribution in [0.25, 0.3) is 0 Å². The first kappa shape index (κ1) is 11.4. The summed E-state index contributed by atoms with van der Waals surface area (Å²) in [6, 6.07) is 0. The summed E-state index contributed by atoms with van der Waals surface area (Å²) in [6.45, 7) is 6.90. The molecule has 78 valence electrons. The summed E-state index contributed by atoms with van der Waals surface area (Å²) in [4.78, 5) is 0. The van der Waals surface area contributed by atoms with Crippen LogP contribution in [0.4, 0.5) is 0 Å². The Morgan fingerprint density at radius 1 is 1.23 bits per heavy atom. The van der Waals surface area contributed by atoms with Crippen molar-refractivity contribution < 1.29 is 4.55 Å². The molecule has 0 bridgehead atoms. The molecule has 13 heavy (non-hydrogen) atoms. The molecule has 0 aromatic rings. The van der Waals surface area contributed by atoms with Crippen molar-refractivity contribution in [3.8, 4) is 0 Å². The zero-order valence-electron chi connectivity index (χ0n) is 9.14. The van der Waals surface area contributed by atoms with Crippen LogP contribution in [0.2, 0.25) is 0 Å². The van der Waals surface area contributed by atoms with Crippen molar-refractivity contribution in [3.63, 3.8) is 0 Å². The molecule has 2 heteroatoms. The minimum Gasteiger partial charge on any atom is -0.616 e. The SMILES string of the molecule is CC(C)(C)CCC1CC[S+]([O-])CC1. The average molecular weight is 202 g/mol. The lowest BCUT2D eigenvalue weighted by atomic mass is 9.85. The molecule has 1 nitrogen and oxygen atoms in total. The molecule has 0 aromatic heterocycles. The van der Waals surface area contributed by atoms with Crippen LogP contribution in [0.3, 0.4) is 0 Å². The standard InChI is InChI=1S/C11H22OS/c1-11(2,3)7-4-10-5-8-13(12)9-6-10/h10H,4-9H2,1-3H3. The first-order valence-corrected chi connectivity index (χ1v) is 6.81. The Labute approximate surface area is 85.5 Å². The van der Waals surface area contributed by atoms with Gasteiger partial charge >= 0.3 is 0 Å². The van der Waals surface area contributed by atoms with Gasteiger partial charge in [-0.25, -0.2) is 0 Å². The molecule has 1 aliphatic rings. The Bertz CT molecular complexity index is 143. The summed E-state index contributed by atoms with van der Waals surface area (Å²) in [5.74, 6) is 2.76. The topological polar surface area (TPSA) is 23.1 Å². The van der Waals surface area contributed by atoms with E-state index in [9.17, 15) is 4.55 Å². The highest BCUT2D eigenvalue weighted by Gasteiger charge is 2.23. The third-order valence-electron chi connectivity index (χ3n) is 2.81. The second-order valence-corrected chi connectivity index (χ2v) is 7.09. The largest absolute Gasteiger partial charge is 0.616 e. The summed E-state index contributed by atoms with van der Waals surface area (Å²) in [6.07, 6.45) is 5.04. The van der Waals surface area contributed by atoms with Crippen LogP contribution < -0.4 is 0 Å². The summed E-state index contributed by atoms with van der Waals surface area (Å²) in [5.41, 5.74) is 0.469. The lowest BCUT2D eigenvalue weighted by molar-refractivity contribution is 0.310. The molecule has 0 amide bonds. The van der Waals surface area contributed by atoms with Gasteiger partial charge in [-0.2, -0.15) is 0 Å². The summed E-state index contributed by atoms with van der Waals surface area (Å²) in [7, 11) is 0. The third kappa shape index (κ3) is 4.92. The van der Waals surface area contributed by atoms with Crippen LogP contribution in [0, 0.1) is 11.3 Å². The molecular formula is C11H22OS. The highest BCUT2D eigenvalue weighted by Crippen LogP contribution is 2.29. The molecule has 1 saturated heterocycles. The zero-order chi connectivity index (χ0) is 9.90. The maximum atomic E-state index is 11.1. The van der Waals surface area contributed by atoms with E-state index in [0.29, 0.717) is 5.41 Å². The number of hydrogen-bond donors (Lipinski definition) is 0. The van der Waals surface area contributed by atoms with Gasteiger partial charge in [0, 0.05) is 0 Å². The van der Waals surface area contributed by atoms with E-state index in [-0.39, 0.29) is 0 Å². The predicted molar refractivity (Wildman–Crippen MR) is 59.3 cm³/mol. The molecule has 1 fully saturated rings. The van der Waals surface area contributed by atoms with Crippen molar-refractivity contribution in [2.45, 2.75) is 46.5 Å². The average Bonchev–Trinajstić information content (AvgIpc) is 2.02. The van der Waals surface area contributed by atoms with Gasteiger partial charge in [0.05, 0.1) is 0 Å². The smallest absolute Gasteiger partial charge is 0.105 e. The van der Waals surface area contributed by atoms with Crippen LogP contribution in [-0.4, -0.2) is 16.1 Å². The molecule has 0 aromatic carbocycles. The molecule has 0 N–H and O–H groups in total. The van der Waals surface area contributed by atoms with Crippen molar-refractivity contribution in [2.75, 3.05) is 11.5 Å². The van der Waals surface area contributed by atoms with Crippen LogP contribution in [-0.2, 0) is 11.2 Å². The highest BCUT2D eigenvalue weighted by atomic mass is 32.2. The molecule has 1 heterocycles. The van der Waals surface area contributed by atoms with Crippen LogP contribution in [0.15, 0.2) is 0 Å². The Kier molecular flexibility index (Phi) is 4.11. The van der Waals surface area contributed by atoms with Crippen LogP contribution >= 0.6 is 0 Å². The van der Waals surface area contributed by atoms with E-state index in [1.165, 1.54) is 25.7 Å². The molecule has 1 aliphatic heterocycles. The fraction of sp³-hybridized carbons (Fsp3) is 1.00. The molecule has 0 atom stereocenters. The Morgan fingerprint density at radius 2 is 1.77 bits per heavy atom. The van der Waals surface area contributed by atoms with Gasteiger partial charge < -0.3 is 4.55 Å². The minimum absolute atomic E-state index is 0.469. The fourth-order valence-corrected chi connectivity index (χ4v) is 3.17. The third-order valence-corrected chi connectivity index (χ3v) is 4.19. The minimum atomic E-state index is -0.486. The molecule has 0 radical (unpaired) electrons. The molecular weight excluding hydrogens is 180 g/mol. The monoisotopic (exact) mass is 202 g/mol. The van der Waals surface area contributed by atoms with Crippen LogP contribution in [0.1, 0.15) is 46.5 Å². The second kappa shape index (κ2) is 4.70.